The molecule has 2 rings (SSSR count). The van der Waals surface area contributed by atoms with Gasteiger partial charge in [0, 0.05) is 40.7 Å². The van der Waals surface area contributed by atoms with Crippen molar-refractivity contribution in [3.05, 3.63) is 38.3 Å². The van der Waals surface area contributed by atoms with Crippen LogP contribution < -0.4 is 0 Å². The summed E-state index contributed by atoms with van der Waals surface area (Å²) in [6.07, 6.45) is 0. The first-order chi connectivity index (χ1) is 9.00. The highest BCUT2D eigenvalue weighted by Crippen LogP contribution is 2.26. The van der Waals surface area contributed by atoms with E-state index in [4.69, 9.17) is 0 Å². The molecule has 5 nitrogen and oxygen atoms in total. The minimum absolute atomic E-state index is 0.0643. The number of halogens is 1. The van der Waals surface area contributed by atoms with E-state index in [0.29, 0.717) is 16.6 Å². The SMILES string of the molecule is CC1CSCCN1C(=O)c1cc([N+](=O)[O-])ccc1Br. The highest BCUT2D eigenvalue weighted by atomic mass is 79.9. The number of rotatable bonds is 2. The van der Waals surface area contributed by atoms with Gasteiger partial charge in [-0.15, -0.1) is 0 Å². The maximum atomic E-state index is 12.5. The van der Waals surface area contributed by atoms with Crippen molar-refractivity contribution in [1.29, 1.82) is 0 Å². The van der Waals surface area contributed by atoms with Crippen molar-refractivity contribution in [3.8, 4) is 0 Å². The first-order valence-corrected chi connectivity index (χ1v) is 7.78. The minimum Gasteiger partial charge on any atom is -0.334 e. The van der Waals surface area contributed by atoms with E-state index in [1.807, 2.05) is 18.7 Å². The monoisotopic (exact) mass is 344 g/mol. The molecule has 0 aliphatic carbocycles. The third kappa shape index (κ3) is 3.09. The van der Waals surface area contributed by atoms with E-state index in [2.05, 4.69) is 15.9 Å². The number of carbonyl (C=O) groups excluding carboxylic acids is 1. The van der Waals surface area contributed by atoms with Crippen LogP contribution in [0.3, 0.4) is 0 Å². The number of benzene rings is 1. The molecule has 1 aromatic carbocycles. The van der Waals surface area contributed by atoms with Gasteiger partial charge in [0.25, 0.3) is 11.6 Å². The average molecular weight is 345 g/mol. The molecule has 1 amide bonds. The summed E-state index contributed by atoms with van der Waals surface area (Å²) < 4.78 is 0.591. The Labute approximate surface area is 123 Å². The molecule has 1 fully saturated rings. The van der Waals surface area contributed by atoms with Gasteiger partial charge < -0.3 is 4.90 Å². The molecule has 0 N–H and O–H groups in total. The fraction of sp³-hybridized carbons (Fsp3) is 0.417. The molecule has 0 bridgehead atoms. The van der Waals surface area contributed by atoms with Crippen LogP contribution in [0.15, 0.2) is 22.7 Å². The molecule has 102 valence electrons. The Kier molecular flexibility index (Phi) is 4.46. The molecule has 19 heavy (non-hydrogen) atoms. The summed E-state index contributed by atoms with van der Waals surface area (Å²) in [4.78, 5) is 24.6. The Morgan fingerprint density at radius 2 is 2.32 bits per heavy atom. The number of carbonyl (C=O) groups is 1. The van der Waals surface area contributed by atoms with Crippen LogP contribution in [0, 0.1) is 10.1 Å². The summed E-state index contributed by atoms with van der Waals surface area (Å²) >= 11 is 5.11. The standard InChI is InChI=1S/C12H13BrN2O3S/c1-8-7-19-5-4-14(8)12(16)10-6-9(15(17)18)2-3-11(10)13/h2-3,6,8H,4-5,7H2,1H3. The molecule has 1 aromatic rings. The number of thioether (sulfide) groups is 1. The van der Waals surface area contributed by atoms with Gasteiger partial charge >= 0.3 is 0 Å². The zero-order valence-electron chi connectivity index (χ0n) is 10.3. The predicted molar refractivity (Wildman–Crippen MR) is 78.6 cm³/mol. The summed E-state index contributed by atoms with van der Waals surface area (Å²) in [6.45, 7) is 2.68. The maximum Gasteiger partial charge on any atom is 0.270 e. The first kappa shape index (κ1) is 14.3. The van der Waals surface area contributed by atoms with Crippen LogP contribution in [0.4, 0.5) is 5.69 Å². The van der Waals surface area contributed by atoms with E-state index in [1.165, 1.54) is 12.1 Å². The second kappa shape index (κ2) is 5.92. The van der Waals surface area contributed by atoms with Gasteiger partial charge in [0.05, 0.1) is 10.5 Å². The van der Waals surface area contributed by atoms with Crippen LogP contribution in [0.5, 0.6) is 0 Å². The minimum atomic E-state index is -0.487. The lowest BCUT2D eigenvalue weighted by molar-refractivity contribution is -0.384. The van der Waals surface area contributed by atoms with Crippen molar-refractivity contribution in [2.24, 2.45) is 0 Å². The molecule has 1 atom stereocenters. The van der Waals surface area contributed by atoms with E-state index >= 15 is 0 Å². The molecule has 1 saturated heterocycles. The number of nitro groups is 1. The van der Waals surface area contributed by atoms with Crippen LogP contribution in [0.25, 0.3) is 0 Å². The molecule has 1 heterocycles. The third-order valence-corrected chi connectivity index (χ3v) is 4.90. The van der Waals surface area contributed by atoms with Crippen LogP contribution in [-0.4, -0.2) is 39.8 Å². The number of nitro benzene ring substituents is 1. The van der Waals surface area contributed by atoms with Crippen LogP contribution >= 0.6 is 27.7 Å². The van der Waals surface area contributed by atoms with Gasteiger partial charge in [-0.25, -0.2) is 0 Å². The van der Waals surface area contributed by atoms with Gasteiger partial charge in [0.15, 0.2) is 0 Å². The topological polar surface area (TPSA) is 63.5 Å². The Bertz CT molecular complexity index is 524. The second-order valence-corrected chi connectivity index (χ2v) is 6.35. The van der Waals surface area contributed by atoms with E-state index in [0.717, 1.165) is 11.5 Å². The lowest BCUT2D eigenvalue weighted by Crippen LogP contribution is -2.44. The number of nitrogens with zero attached hydrogens (tertiary/aromatic N) is 2. The fourth-order valence-electron chi connectivity index (χ4n) is 1.97. The molecular weight excluding hydrogens is 332 g/mol. The van der Waals surface area contributed by atoms with Gasteiger partial charge in [0.2, 0.25) is 0 Å². The van der Waals surface area contributed by atoms with Crippen molar-refractivity contribution in [3.63, 3.8) is 0 Å². The van der Waals surface area contributed by atoms with Crippen LogP contribution in [0.2, 0.25) is 0 Å². The highest BCUT2D eigenvalue weighted by Gasteiger charge is 2.26. The number of amides is 1. The lowest BCUT2D eigenvalue weighted by Gasteiger charge is -2.33. The largest absolute Gasteiger partial charge is 0.334 e. The van der Waals surface area contributed by atoms with Crippen molar-refractivity contribution in [2.45, 2.75) is 13.0 Å². The van der Waals surface area contributed by atoms with Gasteiger partial charge in [-0.05, 0) is 28.9 Å². The van der Waals surface area contributed by atoms with Gasteiger partial charge in [-0.3, -0.25) is 14.9 Å². The Morgan fingerprint density at radius 1 is 1.58 bits per heavy atom. The third-order valence-electron chi connectivity index (χ3n) is 3.02. The molecule has 0 spiro atoms. The molecule has 7 heteroatoms. The fourth-order valence-corrected chi connectivity index (χ4v) is 3.40. The molecule has 1 aliphatic heterocycles. The van der Waals surface area contributed by atoms with E-state index in [9.17, 15) is 14.9 Å². The maximum absolute atomic E-state index is 12.5. The normalized spacial score (nSPS) is 19.3. The molecule has 0 radical (unpaired) electrons. The number of hydrogen-bond donors (Lipinski definition) is 0. The summed E-state index contributed by atoms with van der Waals surface area (Å²) in [7, 11) is 0. The first-order valence-electron chi connectivity index (χ1n) is 5.83. The van der Waals surface area contributed by atoms with E-state index in [1.54, 1.807) is 11.0 Å². The Morgan fingerprint density at radius 3 is 2.95 bits per heavy atom. The van der Waals surface area contributed by atoms with Gasteiger partial charge in [-0.2, -0.15) is 11.8 Å². The molecular formula is C12H13BrN2O3S. The summed E-state index contributed by atoms with van der Waals surface area (Å²) in [6, 6.07) is 4.42. The zero-order chi connectivity index (χ0) is 14.0. The quantitative estimate of drug-likeness (QED) is 0.611. The average Bonchev–Trinajstić information content (AvgIpc) is 2.38. The van der Waals surface area contributed by atoms with Crippen molar-refractivity contribution in [1.82, 2.24) is 4.90 Å². The summed E-state index contributed by atoms with van der Waals surface area (Å²) in [5, 5.41) is 10.8. The molecule has 0 saturated carbocycles. The molecule has 1 unspecified atom stereocenters. The van der Waals surface area contributed by atoms with E-state index in [-0.39, 0.29) is 17.6 Å². The van der Waals surface area contributed by atoms with Crippen molar-refractivity contribution in [2.75, 3.05) is 18.1 Å². The second-order valence-electron chi connectivity index (χ2n) is 4.34. The van der Waals surface area contributed by atoms with Crippen LogP contribution in [-0.2, 0) is 0 Å². The smallest absolute Gasteiger partial charge is 0.270 e. The Hall–Kier alpha value is -1.08. The predicted octanol–water partition coefficient (Wildman–Crippen LogP) is 2.93. The highest BCUT2D eigenvalue weighted by molar-refractivity contribution is 9.10. The summed E-state index contributed by atoms with van der Waals surface area (Å²) in [5.41, 5.74) is 0.290. The zero-order valence-corrected chi connectivity index (χ0v) is 12.7. The van der Waals surface area contributed by atoms with E-state index < -0.39 is 4.92 Å². The molecule has 0 aromatic heterocycles. The van der Waals surface area contributed by atoms with Crippen molar-refractivity contribution >= 4 is 39.3 Å². The number of hydrogen-bond acceptors (Lipinski definition) is 4. The van der Waals surface area contributed by atoms with Crippen molar-refractivity contribution < 1.29 is 9.72 Å². The number of non-ortho nitro benzene ring substituents is 1. The van der Waals surface area contributed by atoms with Gasteiger partial charge in [0.1, 0.15) is 0 Å². The molecule has 1 aliphatic rings. The van der Waals surface area contributed by atoms with Crippen LogP contribution in [0.1, 0.15) is 17.3 Å². The Balaban J connectivity index is 2.32. The van der Waals surface area contributed by atoms with Gasteiger partial charge in [-0.1, -0.05) is 0 Å². The lowest BCUT2D eigenvalue weighted by atomic mass is 10.1. The summed E-state index contributed by atoms with van der Waals surface area (Å²) in [5.74, 6) is 1.66.